The Balaban J connectivity index is 1.52. The van der Waals surface area contributed by atoms with E-state index in [4.69, 9.17) is 0 Å². The number of carbonyl (C=O) groups is 1. The van der Waals surface area contributed by atoms with Crippen molar-refractivity contribution in [3.8, 4) is 0 Å². The van der Waals surface area contributed by atoms with E-state index in [-0.39, 0.29) is 17.5 Å². The number of halogens is 2. The molecule has 5 nitrogen and oxygen atoms in total. The normalized spacial score (nSPS) is 28.8. The highest BCUT2D eigenvalue weighted by molar-refractivity contribution is 6.04. The van der Waals surface area contributed by atoms with Gasteiger partial charge >= 0.3 is 0 Å². The average molecular weight is 424 g/mol. The number of amides is 1. The van der Waals surface area contributed by atoms with E-state index in [0.29, 0.717) is 24.2 Å². The Morgan fingerprint density at radius 1 is 1.23 bits per heavy atom. The molecule has 0 radical (unpaired) electrons. The van der Waals surface area contributed by atoms with Gasteiger partial charge in [-0.05, 0) is 44.0 Å². The third kappa shape index (κ3) is 3.36. The number of likely N-dealkylation sites (tertiary alicyclic amines) is 1. The SMILES string of the molecule is CC(C(=O)N1N=C(c2cc(F)ccc2F)CC1(C)c1ccccc1)N1C[C@@H]2C[C@H]1CN2. The molecule has 0 aromatic heterocycles. The van der Waals surface area contributed by atoms with Crippen LogP contribution in [0.2, 0.25) is 0 Å². The van der Waals surface area contributed by atoms with Crippen LogP contribution in [0, 0.1) is 11.6 Å². The lowest BCUT2D eigenvalue weighted by Crippen LogP contribution is -2.55. The summed E-state index contributed by atoms with van der Waals surface area (Å²) in [6.45, 7) is 5.59. The summed E-state index contributed by atoms with van der Waals surface area (Å²) in [5.74, 6) is -1.19. The Morgan fingerprint density at radius 3 is 2.68 bits per heavy atom. The van der Waals surface area contributed by atoms with Crippen molar-refractivity contribution in [1.29, 1.82) is 0 Å². The molecule has 2 unspecified atom stereocenters. The minimum absolute atomic E-state index is 0.106. The van der Waals surface area contributed by atoms with Crippen LogP contribution >= 0.6 is 0 Å². The summed E-state index contributed by atoms with van der Waals surface area (Å²) in [6.07, 6.45) is 1.36. The maximum atomic E-state index is 14.5. The number of hydrogen-bond acceptors (Lipinski definition) is 4. The number of hydrogen-bond donors (Lipinski definition) is 1. The third-order valence-electron chi connectivity index (χ3n) is 7.00. The molecule has 3 heterocycles. The number of fused-ring (bicyclic) bond motifs is 2. The first-order valence-electron chi connectivity index (χ1n) is 10.8. The molecule has 3 aliphatic heterocycles. The smallest absolute Gasteiger partial charge is 0.260 e. The van der Waals surface area contributed by atoms with Gasteiger partial charge in [0.2, 0.25) is 0 Å². The van der Waals surface area contributed by atoms with Gasteiger partial charge in [-0.2, -0.15) is 5.10 Å². The number of rotatable bonds is 4. The van der Waals surface area contributed by atoms with E-state index >= 15 is 0 Å². The van der Waals surface area contributed by atoms with Crippen LogP contribution in [0.25, 0.3) is 0 Å². The van der Waals surface area contributed by atoms with E-state index in [9.17, 15) is 13.6 Å². The molecule has 0 spiro atoms. The van der Waals surface area contributed by atoms with E-state index < -0.39 is 17.2 Å². The van der Waals surface area contributed by atoms with Gasteiger partial charge in [0.1, 0.15) is 11.6 Å². The molecule has 3 aliphatic rings. The molecule has 4 atom stereocenters. The predicted octanol–water partition coefficient (Wildman–Crippen LogP) is 3.25. The van der Waals surface area contributed by atoms with Crippen molar-refractivity contribution in [2.75, 3.05) is 13.1 Å². The zero-order valence-electron chi connectivity index (χ0n) is 17.7. The highest BCUT2D eigenvalue weighted by Crippen LogP contribution is 2.40. The average Bonchev–Trinajstić information content (AvgIpc) is 3.50. The fourth-order valence-electron chi connectivity index (χ4n) is 5.24. The zero-order valence-corrected chi connectivity index (χ0v) is 17.7. The van der Waals surface area contributed by atoms with E-state index in [1.54, 1.807) is 0 Å². The fourth-order valence-corrected chi connectivity index (χ4v) is 5.24. The minimum Gasteiger partial charge on any atom is -0.311 e. The van der Waals surface area contributed by atoms with Crippen LogP contribution in [0.5, 0.6) is 0 Å². The monoisotopic (exact) mass is 424 g/mol. The van der Waals surface area contributed by atoms with Crippen molar-refractivity contribution in [3.63, 3.8) is 0 Å². The summed E-state index contributed by atoms with van der Waals surface area (Å²) in [6, 6.07) is 13.4. The number of nitrogens with one attached hydrogen (secondary N) is 1. The second-order valence-electron chi connectivity index (χ2n) is 9.01. The molecule has 2 aromatic carbocycles. The number of benzene rings is 2. The van der Waals surface area contributed by atoms with Crippen LogP contribution < -0.4 is 5.32 Å². The molecule has 2 aromatic rings. The van der Waals surface area contributed by atoms with Crippen molar-refractivity contribution in [1.82, 2.24) is 15.2 Å². The van der Waals surface area contributed by atoms with Crippen molar-refractivity contribution in [2.24, 2.45) is 5.10 Å². The molecule has 5 rings (SSSR count). The van der Waals surface area contributed by atoms with E-state index in [2.05, 4.69) is 15.3 Å². The maximum Gasteiger partial charge on any atom is 0.260 e. The van der Waals surface area contributed by atoms with Crippen LogP contribution in [-0.2, 0) is 10.3 Å². The van der Waals surface area contributed by atoms with Crippen molar-refractivity contribution < 1.29 is 13.6 Å². The molecule has 2 fully saturated rings. The summed E-state index contributed by atoms with van der Waals surface area (Å²) in [4.78, 5) is 16.0. The van der Waals surface area contributed by atoms with Gasteiger partial charge < -0.3 is 5.32 Å². The van der Waals surface area contributed by atoms with Gasteiger partial charge in [-0.1, -0.05) is 30.3 Å². The lowest BCUT2D eigenvalue weighted by Gasteiger charge is -2.38. The molecule has 1 amide bonds. The maximum absolute atomic E-state index is 14.5. The lowest BCUT2D eigenvalue weighted by atomic mass is 9.85. The Morgan fingerprint density at radius 2 is 2.00 bits per heavy atom. The molecule has 0 saturated carbocycles. The Kier molecular flexibility index (Phi) is 4.90. The second kappa shape index (κ2) is 7.50. The van der Waals surface area contributed by atoms with Crippen molar-refractivity contribution >= 4 is 11.6 Å². The second-order valence-corrected chi connectivity index (χ2v) is 9.01. The molecule has 0 aliphatic carbocycles. The summed E-state index contributed by atoms with van der Waals surface area (Å²) in [5.41, 5.74) is 0.622. The highest BCUT2D eigenvalue weighted by atomic mass is 19.1. The van der Waals surface area contributed by atoms with E-state index in [1.165, 1.54) is 5.01 Å². The third-order valence-corrected chi connectivity index (χ3v) is 7.00. The molecule has 1 N–H and O–H groups in total. The first kappa shape index (κ1) is 20.3. The van der Waals surface area contributed by atoms with Gasteiger partial charge in [-0.15, -0.1) is 0 Å². The van der Waals surface area contributed by atoms with Crippen LogP contribution in [0.1, 0.15) is 37.8 Å². The lowest BCUT2D eigenvalue weighted by molar-refractivity contribution is -0.142. The van der Waals surface area contributed by atoms with Crippen LogP contribution in [-0.4, -0.2) is 52.7 Å². The van der Waals surface area contributed by atoms with Crippen LogP contribution in [0.3, 0.4) is 0 Å². The topological polar surface area (TPSA) is 47.9 Å². The minimum atomic E-state index is -0.780. The summed E-state index contributed by atoms with van der Waals surface area (Å²) in [7, 11) is 0. The molecule has 162 valence electrons. The molecule has 2 saturated heterocycles. The standard InChI is InChI=1S/C24H26F2N4O/c1-15(29-14-18-11-19(29)13-27-18)23(31)30-24(2,16-6-4-3-5-7-16)12-22(28-30)20-10-17(25)8-9-21(20)26/h3-10,15,18-19,27H,11-14H2,1-2H3/t15?,18-,19-,24?/m0/s1. The van der Waals surface area contributed by atoms with E-state index in [1.807, 2.05) is 44.2 Å². The van der Waals surface area contributed by atoms with Gasteiger partial charge in [0.05, 0.1) is 17.3 Å². The number of carbonyl (C=O) groups excluding carboxylic acids is 1. The Hall–Kier alpha value is -2.64. The van der Waals surface area contributed by atoms with Gasteiger partial charge in [0.25, 0.3) is 5.91 Å². The van der Waals surface area contributed by atoms with Gasteiger partial charge in [0, 0.05) is 37.2 Å². The molecule has 31 heavy (non-hydrogen) atoms. The predicted molar refractivity (Wildman–Crippen MR) is 115 cm³/mol. The molecule has 7 heteroatoms. The van der Waals surface area contributed by atoms with Crippen LogP contribution in [0.4, 0.5) is 8.78 Å². The number of nitrogens with zero attached hydrogens (tertiary/aromatic N) is 3. The Labute approximate surface area is 180 Å². The summed E-state index contributed by atoms with van der Waals surface area (Å²) < 4.78 is 28.4. The zero-order chi connectivity index (χ0) is 21.8. The number of hydrazone groups is 1. The first-order valence-corrected chi connectivity index (χ1v) is 10.8. The highest BCUT2D eigenvalue weighted by Gasteiger charge is 2.48. The fraction of sp³-hybridized carbons (Fsp3) is 0.417. The number of piperazine rings is 1. The van der Waals surface area contributed by atoms with Crippen molar-refractivity contribution in [3.05, 3.63) is 71.3 Å². The molecular formula is C24H26F2N4O. The summed E-state index contributed by atoms with van der Waals surface area (Å²) in [5, 5.41) is 9.56. The van der Waals surface area contributed by atoms with E-state index in [0.717, 1.165) is 43.3 Å². The van der Waals surface area contributed by atoms with Crippen molar-refractivity contribution in [2.45, 2.75) is 50.4 Å². The largest absolute Gasteiger partial charge is 0.311 e. The van der Waals surface area contributed by atoms with Gasteiger partial charge in [-0.3, -0.25) is 9.69 Å². The summed E-state index contributed by atoms with van der Waals surface area (Å²) >= 11 is 0. The van der Waals surface area contributed by atoms with Gasteiger partial charge in [0.15, 0.2) is 0 Å². The van der Waals surface area contributed by atoms with Crippen LogP contribution in [0.15, 0.2) is 53.6 Å². The Bertz CT molecular complexity index is 1040. The van der Waals surface area contributed by atoms with Gasteiger partial charge in [-0.25, -0.2) is 13.8 Å². The molecule has 2 bridgehead atoms. The first-order chi connectivity index (χ1) is 14.9. The quantitative estimate of drug-likeness (QED) is 0.820. The molecular weight excluding hydrogens is 398 g/mol.